The average Bonchev–Trinajstić information content (AvgIpc) is 3.11. The van der Waals surface area contributed by atoms with E-state index in [2.05, 4.69) is 14.7 Å². The van der Waals surface area contributed by atoms with Crippen molar-refractivity contribution in [3.05, 3.63) is 71.8 Å². The van der Waals surface area contributed by atoms with E-state index in [1.807, 2.05) is 0 Å². The molecular weight excluding hydrogens is 438 g/mol. The fraction of sp³-hybridized carbons (Fsp3) is 0.238. The maximum atomic E-state index is 14.2. The molecule has 1 fully saturated rings. The Morgan fingerprint density at radius 1 is 0.938 bits per heavy atom. The maximum Gasteiger partial charge on any atom is 0.573 e. The topological polar surface area (TPSA) is 64.3 Å². The van der Waals surface area contributed by atoms with Crippen molar-refractivity contribution in [3.63, 3.8) is 0 Å². The highest BCUT2D eigenvalue weighted by Crippen LogP contribution is 2.33. The van der Waals surface area contributed by atoms with E-state index in [0.29, 0.717) is 23.1 Å². The Bertz CT molecular complexity index is 1140. The molecule has 2 heterocycles. The number of aromatic nitrogens is 2. The van der Waals surface area contributed by atoms with Crippen LogP contribution in [0.2, 0.25) is 0 Å². The summed E-state index contributed by atoms with van der Waals surface area (Å²) in [5, 5.41) is 0. The number of rotatable bonds is 4. The standard InChI is InChI=1S/C21H16F6N4O/c22-15-6-17(24)16(23)5-13(15)14-8-31(9-18(14)28)20-7-19(29-10-30-20)11-2-1-3-12(4-11)32-21(25,26)27/h1-7,10,14,18H,8-9,28H2/t14-,18+/m1/s1. The highest BCUT2D eigenvalue weighted by atomic mass is 19.4. The number of halogens is 6. The van der Waals surface area contributed by atoms with Crippen molar-refractivity contribution in [1.82, 2.24) is 9.97 Å². The van der Waals surface area contributed by atoms with E-state index in [9.17, 15) is 26.3 Å². The Labute approximate surface area is 178 Å². The van der Waals surface area contributed by atoms with Crippen molar-refractivity contribution in [2.45, 2.75) is 18.3 Å². The van der Waals surface area contributed by atoms with Gasteiger partial charge < -0.3 is 15.4 Å². The first-order chi connectivity index (χ1) is 15.1. The molecule has 4 rings (SSSR count). The Kier molecular flexibility index (Phi) is 5.68. The van der Waals surface area contributed by atoms with Gasteiger partial charge in [0.15, 0.2) is 11.6 Å². The number of benzene rings is 2. The summed E-state index contributed by atoms with van der Waals surface area (Å²) in [5.74, 6) is -3.96. The summed E-state index contributed by atoms with van der Waals surface area (Å²) in [5.41, 5.74) is 6.79. The predicted octanol–water partition coefficient (Wildman–Crippen LogP) is 4.39. The van der Waals surface area contributed by atoms with E-state index in [-0.39, 0.29) is 18.7 Å². The molecule has 0 bridgehead atoms. The number of hydrogen-bond acceptors (Lipinski definition) is 5. The quantitative estimate of drug-likeness (QED) is 0.468. The molecule has 32 heavy (non-hydrogen) atoms. The Hall–Kier alpha value is -3.34. The van der Waals surface area contributed by atoms with Crippen LogP contribution < -0.4 is 15.4 Å². The minimum Gasteiger partial charge on any atom is -0.406 e. The first kappa shape index (κ1) is 21.9. The molecule has 0 radical (unpaired) electrons. The lowest BCUT2D eigenvalue weighted by molar-refractivity contribution is -0.274. The van der Waals surface area contributed by atoms with E-state index in [1.165, 1.54) is 24.5 Å². The second-order valence-electron chi connectivity index (χ2n) is 7.30. The third-order valence-corrected chi connectivity index (χ3v) is 5.14. The largest absolute Gasteiger partial charge is 0.573 e. The summed E-state index contributed by atoms with van der Waals surface area (Å²) in [6.45, 7) is 0.424. The fourth-order valence-corrected chi connectivity index (χ4v) is 3.70. The zero-order valence-corrected chi connectivity index (χ0v) is 16.3. The zero-order chi connectivity index (χ0) is 23.0. The van der Waals surface area contributed by atoms with Gasteiger partial charge in [0.05, 0.1) is 5.69 Å². The second kappa shape index (κ2) is 8.30. The molecule has 1 aliphatic rings. The number of anilines is 1. The number of nitrogens with zero attached hydrogens (tertiary/aromatic N) is 3. The summed E-state index contributed by atoms with van der Waals surface area (Å²) < 4.78 is 82.6. The van der Waals surface area contributed by atoms with Crippen LogP contribution in [0.15, 0.2) is 48.8 Å². The van der Waals surface area contributed by atoms with Crippen molar-refractivity contribution in [3.8, 4) is 17.0 Å². The van der Waals surface area contributed by atoms with Crippen molar-refractivity contribution in [1.29, 1.82) is 0 Å². The molecule has 1 aliphatic heterocycles. The number of alkyl halides is 3. The first-order valence-electron chi connectivity index (χ1n) is 9.44. The average molecular weight is 454 g/mol. The van der Waals surface area contributed by atoms with Gasteiger partial charge in [-0.2, -0.15) is 0 Å². The Morgan fingerprint density at radius 3 is 2.44 bits per heavy atom. The van der Waals surface area contributed by atoms with Crippen LogP contribution in [0.1, 0.15) is 11.5 Å². The molecule has 0 aliphatic carbocycles. The monoisotopic (exact) mass is 454 g/mol. The molecule has 2 atom stereocenters. The molecule has 0 spiro atoms. The molecule has 2 N–H and O–H groups in total. The Balaban J connectivity index is 1.58. The van der Waals surface area contributed by atoms with E-state index >= 15 is 0 Å². The van der Waals surface area contributed by atoms with Crippen LogP contribution in [0.3, 0.4) is 0 Å². The first-order valence-corrected chi connectivity index (χ1v) is 9.44. The van der Waals surface area contributed by atoms with Gasteiger partial charge in [-0.1, -0.05) is 12.1 Å². The summed E-state index contributed by atoms with van der Waals surface area (Å²) in [7, 11) is 0. The van der Waals surface area contributed by atoms with Crippen LogP contribution in [-0.2, 0) is 0 Å². The summed E-state index contributed by atoms with van der Waals surface area (Å²) in [6.07, 6.45) is -3.59. The van der Waals surface area contributed by atoms with Gasteiger partial charge in [-0.15, -0.1) is 13.2 Å². The van der Waals surface area contributed by atoms with Crippen molar-refractivity contribution >= 4 is 5.82 Å². The van der Waals surface area contributed by atoms with Crippen LogP contribution in [-0.4, -0.2) is 35.5 Å². The van der Waals surface area contributed by atoms with Crippen molar-refractivity contribution in [2.24, 2.45) is 5.73 Å². The SMILES string of the molecule is N[C@H]1CN(c2cc(-c3cccc(OC(F)(F)F)c3)ncn2)C[C@@H]1c1cc(F)c(F)cc1F. The molecular formula is C21H16F6N4O. The van der Waals surface area contributed by atoms with Crippen molar-refractivity contribution < 1.29 is 31.1 Å². The Morgan fingerprint density at radius 2 is 1.69 bits per heavy atom. The molecule has 168 valence electrons. The van der Waals surface area contributed by atoms with Crippen LogP contribution in [0.4, 0.5) is 32.2 Å². The normalized spacial score (nSPS) is 18.8. The van der Waals surface area contributed by atoms with E-state index < -0.39 is 41.5 Å². The molecule has 2 aromatic carbocycles. The van der Waals surface area contributed by atoms with Gasteiger partial charge in [0, 0.05) is 42.7 Å². The van der Waals surface area contributed by atoms with Gasteiger partial charge in [-0.25, -0.2) is 23.1 Å². The molecule has 0 amide bonds. The van der Waals surface area contributed by atoms with Gasteiger partial charge >= 0.3 is 6.36 Å². The number of ether oxygens (including phenoxy) is 1. The third-order valence-electron chi connectivity index (χ3n) is 5.14. The third kappa shape index (κ3) is 4.62. The van der Waals surface area contributed by atoms with Crippen LogP contribution in [0.25, 0.3) is 11.3 Å². The minimum atomic E-state index is -4.83. The highest BCUT2D eigenvalue weighted by molar-refractivity contribution is 5.64. The summed E-state index contributed by atoms with van der Waals surface area (Å²) >= 11 is 0. The molecule has 1 aromatic heterocycles. The van der Waals surface area contributed by atoms with Crippen molar-refractivity contribution in [2.75, 3.05) is 18.0 Å². The van der Waals surface area contributed by atoms with E-state index in [1.54, 1.807) is 17.0 Å². The van der Waals surface area contributed by atoms with Crippen LogP contribution in [0.5, 0.6) is 5.75 Å². The number of nitrogens with two attached hydrogens (primary N) is 1. The fourth-order valence-electron chi connectivity index (χ4n) is 3.70. The summed E-state index contributed by atoms with van der Waals surface area (Å²) in [4.78, 5) is 9.98. The molecule has 3 aromatic rings. The minimum absolute atomic E-state index is 0.0369. The predicted molar refractivity (Wildman–Crippen MR) is 103 cm³/mol. The van der Waals surface area contributed by atoms with E-state index in [0.717, 1.165) is 6.07 Å². The lowest BCUT2D eigenvalue weighted by Crippen LogP contribution is -2.29. The lowest BCUT2D eigenvalue weighted by atomic mass is 9.94. The van der Waals surface area contributed by atoms with Gasteiger partial charge in [0.2, 0.25) is 0 Å². The van der Waals surface area contributed by atoms with Crippen LogP contribution in [0, 0.1) is 17.5 Å². The molecule has 11 heteroatoms. The van der Waals surface area contributed by atoms with E-state index in [4.69, 9.17) is 5.73 Å². The smallest absolute Gasteiger partial charge is 0.406 e. The number of hydrogen-bond donors (Lipinski definition) is 1. The van der Waals surface area contributed by atoms with Gasteiger partial charge in [-0.05, 0) is 23.8 Å². The van der Waals surface area contributed by atoms with Crippen LogP contribution >= 0.6 is 0 Å². The lowest BCUT2D eigenvalue weighted by Gasteiger charge is -2.18. The molecule has 5 nitrogen and oxygen atoms in total. The van der Waals surface area contributed by atoms with Gasteiger partial charge in [-0.3, -0.25) is 0 Å². The van der Waals surface area contributed by atoms with Gasteiger partial charge in [0.1, 0.15) is 23.7 Å². The molecule has 0 saturated carbocycles. The zero-order valence-electron chi connectivity index (χ0n) is 16.3. The second-order valence-corrected chi connectivity index (χ2v) is 7.30. The highest BCUT2D eigenvalue weighted by Gasteiger charge is 2.35. The maximum absolute atomic E-state index is 14.2. The van der Waals surface area contributed by atoms with Gasteiger partial charge in [0.25, 0.3) is 0 Å². The molecule has 1 saturated heterocycles. The summed E-state index contributed by atoms with van der Waals surface area (Å²) in [6, 6.07) is 7.56. The molecule has 0 unspecified atom stereocenters.